The number of para-hydroxylation sites is 1. The lowest BCUT2D eigenvalue weighted by Crippen LogP contribution is -2.25. The van der Waals surface area contributed by atoms with Crippen LogP contribution in [0.1, 0.15) is 32.7 Å². The topological polar surface area (TPSA) is 114 Å². The molecule has 0 bridgehead atoms. The number of thioether (sulfide) groups is 1. The fourth-order valence-corrected chi connectivity index (χ4v) is 5.26. The lowest BCUT2D eigenvalue weighted by molar-refractivity contribution is 0.0698. The molecule has 3 N–H and O–H groups in total. The summed E-state index contributed by atoms with van der Waals surface area (Å²) < 4.78 is 11.2. The molecule has 0 saturated carbocycles. The first-order chi connectivity index (χ1) is 21.4. The molecule has 222 valence electrons. The van der Waals surface area contributed by atoms with Gasteiger partial charge in [-0.3, -0.25) is 4.79 Å². The lowest BCUT2D eigenvalue weighted by Gasteiger charge is -2.10. The van der Waals surface area contributed by atoms with Crippen LogP contribution in [0.15, 0.2) is 120 Å². The number of ether oxygens (including phenoxy) is 2. The molecule has 0 aromatic heterocycles. The molecule has 8 nitrogen and oxygen atoms in total. The van der Waals surface area contributed by atoms with Gasteiger partial charge in [0.2, 0.25) is 0 Å². The number of benzene rings is 5. The zero-order valence-corrected chi connectivity index (χ0v) is 24.5. The van der Waals surface area contributed by atoms with Gasteiger partial charge in [0.05, 0.1) is 11.3 Å². The van der Waals surface area contributed by atoms with Gasteiger partial charge in [-0.2, -0.15) is 0 Å². The maximum absolute atomic E-state index is 12.7. The Labute approximate surface area is 259 Å². The summed E-state index contributed by atoms with van der Waals surface area (Å²) in [5.41, 5.74) is 1.58. The third-order valence-corrected chi connectivity index (χ3v) is 7.69. The highest BCUT2D eigenvalue weighted by molar-refractivity contribution is 7.99. The van der Waals surface area contributed by atoms with Crippen LogP contribution in [0, 0.1) is 0 Å². The number of carboxylic acid groups (broad SMARTS) is 1. The number of carboxylic acids is 1. The van der Waals surface area contributed by atoms with Gasteiger partial charge >= 0.3 is 12.1 Å². The molecule has 0 aliphatic carbocycles. The van der Waals surface area contributed by atoms with Crippen molar-refractivity contribution in [2.75, 3.05) is 17.6 Å². The number of alkyl carbamates (subject to hydrolysis) is 1. The van der Waals surface area contributed by atoms with Gasteiger partial charge in [-0.15, -0.1) is 11.8 Å². The standard InChI is InChI=1S/C35H30N2O6S/c38-33(37-32-10-5-4-9-31(32)34(39)40)25-11-15-28(16-12-25)43-29-17-13-27-22-30(18-14-26(27)21-29)44-20-6-19-36-35(41)42-23-24-7-2-1-3-8-24/h1-5,7-18,21-22H,6,19-20,23H2,(H,36,41)(H,37,38)(H,39,40). The average Bonchev–Trinajstić information content (AvgIpc) is 3.04. The number of nitrogens with one attached hydrogen (secondary N) is 2. The van der Waals surface area contributed by atoms with E-state index in [0.717, 1.165) is 33.4 Å². The van der Waals surface area contributed by atoms with Crippen molar-refractivity contribution < 1.29 is 29.0 Å². The van der Waals surface area contributed by atoms with Crippen LogP contribution in [0.2, 0.25) is 0 Å². The number of hydrogen-bond donors (Lipinski definition) is 3. The minimum absolute atomic E-state index is 0.0223. The molecule has 0 fully saturated rings. The van der Waals surface area contributed by atoms with E-state index in [9.17, 15) is 19.5 Å². The molecule has 0 aliphatic rings. The van der Waals surface area contributed by atoms with Crippen molar-refractivity contribution in [1.29, 1.82) is 0 Å². The average molecular weight is 607 g/mol. The van der Waals surface area contributed by atoms with Crippen molar-refractivity contribution in [3.63, 3.8) is 0 Å². The van der Waals surface area contributed by atoms with Gasteiger partial charge < -0.3 is 25.2 Å². The number of rotatable bonds is 12. The molecule has 0 atom stereocenters. The Morgan fingerprint density at radius 3 is 2.25 bits per heavy atom. The van der Waals surface area contributed by atoms with Crippen LogP contribution in [0.3, 0.4) is 0 Å². The molecule has 5 rings (SSSR count). The Kier molecular flexibility index (Phi) is 10.1. The lowest BCUT2D eigenvalue weighted by atomic mass is 10.1. The number of amides is 2. The molecule has 9 heteroatoms. The van der Waals surface area contributed by atoms with Crippen LogP contribution < -0.4 is 15.4 Å². The highest BCUT2D eigenvalue weighted by Crippen LogP contribution is 2.29. The van der Waals surface area contributed by atoms with E-state index in [2.05, 4.69) is 22.8 Å². The fraction of sp³-hybridized carbons (Fsp3) is 0.114. The molecular formula is C35H30N2O6S. The van der Waals surface area contributed by atoms with Crippen LogP contribution in [0.25, 0.3) is 10.8 Å². The molecule has 0 unspecified atom stereocenters. The van der Waals surface area contributed by atoms with E-state index in [-0.39, 0.29) is 17.9 Å². The van der Waals surface area contributed by atoms with Gasteiger partial charge in [0.25, 0.3) is 5.91 Å². The van der Waals surface area contributed by atoms with Crippen LogP contribution in [0.4, 0.5) is 10.5 Å². The summed E-state index contributed by atoms with van der Waals surface area (Å²) in [4.78, 5) is 37.1. The molecule has 2 amide bonds. The van der Waals surface area contributed by atoms with Crippen molar-refractivity contribution in [3.05, 3.63) is 132 Å². The van der Waals surface area contributed by atoms with E-state index in [4.69, 9.17) is 9.47 Å². The summed E-state index contributed by atoms with van der Waals surface area (Å²) in [6.45, 7) is 0.795. The summed E-state index contributed by atoms with van der Waals surface area (Å²) in [5.74, 6) is 0.555. The van der Waals surface area contributed by atoms with Crippen molar-refractivity contribution in [2.24, 2.45) is 0 Å². The van der Waals surface area contributed by atoms with Crippen LogP contribution in [-0.4, -0.2) is 35.4 Å². The molecule has 44 heavy (non-hydrogen) atoms. The number of carbonyl (C=O) groups excluding carboxylic acids is 2. The van der Waals surface area contributed by atoms with E-state index in [1.165, 1.54) is 6.07 Å². The molecule has 0 spiro atoms. The molecule has 0 aliphatic heterocycles. The first kappa shape index (κ1) is 30.2. The van der Waals surface area contributed by atoms with Gasteiger partial charge in [0.15, 0.2) is 0 Å². The highest BCUT2D eigenvalue weighted by Gasteiger charge is 2.13. The predicted octanol–water partition coefficient (Wildman–Crippen LogP) is 7.99. The molecule has 0 saturated heterocycles. The zero-order chi connectivity index (χ0) is 30.7. The number of carbonyl (C=O) groups is 3. The van der Waals surface area contributed by atoms with Crippen LogP contribution >= 0.6 is 11.8 Å². The third-order valence-electron chi connectivity index (χ3n) is 6.61. The van der Waals surface area contributed by atoms with E-state index in [1.54, 1.807) is 54.2 Å². The summed E-state index contributed by atoms with van der Waals surface area (Å²) in [5, 5.41) is 16.9. The number of aromatic carboxylic acids is 1. The summed E-state index contributed by atoms with van der Waals surface area (Å²) in [7, 11) is 0. The largest absolute Gasteiger partial charge is 0.478 e. The number of fused-ring (bicyclic) bond motifs is 1. The van der Waals surface area contributed by atoms with E-state index in [1.807, 2.05) is 54.6 Å². The van der Waals surface area contributed by atoms with Crippen LogP contribution in [-0.2, 0) is 11.3 Å². The Morgan fingerprint density at radius 2 is 1.45 bits per heavy atom. The Balaban J connectivity index is 1.08. The zero-order valence-electron chi connectivity index (χ0n) is 23.7. The van der Waals surface area contributed by atoms with Gasteiger partial charge in [-0.1, -0.05) is 54.6 Å². The smallest absolute Gasteiger partial charge is 0.407 e. The summed E-state index contributed by atoms with van der Waals surface area (Å²) in [6, 6.07) is 34.6. The summed E-state index contributed by atoms with van der Waals surface area (Å²) >= 11 is 1.72. The maximum Gasteiger partial charge on any atom is 0.407 e. The second-order valence-corrected chi connectivity index (χ2v) is 11.0. The molecular weight excluding hydrogens is 576 g/mol. The van der Waals surface area contributed by atoms with Crippen molar-refractivity contribution in [1.82, 2.24) is 5.32 Å². The van der Waals surface area contributed by atoms with Gasteiger partial charge in [0, 0.05) is 17.0 Å². The van der Waals surface area contributed by atoms with E-state index < -0.39 is 18.0 Å². The van der Waals surface area contributed by atoms with Crippen molar-refractivity contribution >= 4 is 46.2 Å². The quantitative estimate of drug-likeness (QED) is 0.0974. The number of anilines is 1. The van der Waals surface area contributed by atoms with Crippen LogP contribution in [0.5, 0.6) is 11.5 Å². The Bertz CT molecular complexity index is 1760. The molecule has 5 aromatic carbocycles. The minimum Gasteiger partial charge on any atom is -0.478 e. The van der Waals surface area contributed by atoms with E-state index in [0.29, 0.717) is 23.6 Å². The first-order valence-electron chi connectivity index (χ1n) is 14.0. The Hall–Kier alpha value is -5.28. The first-order valence-corrected chi connectivity index (χ1v) is 15.0. The number of hydrogen-bond acceptors (Lipinski definition) is 6. The Morgan fingerprint density at radius 1 is 0.750 bits per heavy atom. The van der Waals surface area contributed by atoms with Crippen molar-refractivity contribution in [3.8, 4) is 11.5 Å². The van der Waals surface area contributed by atoms with Gasteiger partial charge in [-0.05, 0) is 89.2 Å². The van der Waals surface area contributed by atoms with Gasteiger partial charge in [0.1, 0.15) is 18.1 Å². The SMILES string of the molecule is O=C(NCCCSc1ccc2cc(Oc3ccc(C(=O)Nc4ccccc4C(=O)O)cc3)ccc2c1)OCc1ccccc1. The third kappa shape index (κ3) is 8.39. The maximum atomic E-state index is 12.7. The normalized spacial score (nSPS) is 10.6. The molecule has 0 radical (unpaired) electrons. The van der Waals surface area contributed by atoms with Gasteiger partial charge in [-0.25, -0.2) is 9.59 Å². The van der Waals surface area contributed by atoms with Crippen molar-refractivity contribution in [2.45, 2.75) is 17.9 Å². The molecule has 0 heterocycles. The second kappa shape index (κ2) is 14.8. The predicted molar refractivity (Wildman–Crippen MR) is 172 cm³/mol. The fourth-order valence-electron chi connectivity index (χ4n) is 4.37. The second-order valence-electron chi connectivity index (χ2n) is 9.79. The monoisotopic (exact) mass is 606 g/mol. The highest BCUT2D eigenvalue weighted by atomic mass is 32.2. The molecule has 5 aromatic rings. The summed E-state index contributed by atoms with van der Waals surface area (Å²) in [6.07, 6.45) is 0.398. The minimum atomic E-state index is -1.11. The van der Waals surface area contributed by atoms with E-state index >= 15 is 0 Å².